The highest BCUT2D eigenvalue weighted by atomic mass is 35.5. The van der Waals surface area contributed by atoms with Crippen molar-refractivity contribution < 1.29 is 23.9 Å². The van der Waals surface area contributed by atoms with Crippen LogP contribution >= 0.6 is 23.4 Å². The number of hydrogen-bond acceptors (Lipinski definition) is 6. The highest BCUT2D eigenvalue weighted by molar-refractivity contribution is 8.00. The minimum atomic E-state index is -0.585. The molecule has 2 aliphatic heterocycles. The summed E-state index contributed by atoms with van der Waals surface area (Å²) >= 11 is 7.56. The second kappa shape index (κ2) is 7.72. The molecule has 0 bridgehead atoms. The van der Waals surface area contributed by atoms with Crippen LogP contribution in [0.5, 0.6) is 0 Å². The summed E-state index contributed by atoms with van der Waals surface area (Å²) in [5.41, 5.74) is 2.77. The number of thioether (sulfide) groups is 1. The fraction of sp³-hybridized carbons (Fsp3) is 0.389. The van der Waals surface area contributed by atoms with Crippen molar-refractivity contribution in [3.05, 3.63) is 46.7 Å². The molecule has 8 heteroatoms. The zero-order valence-electron chi connectivity index (χ0n) is 14.4. The quantitative estimate of drug-likeness (QED) is 0.433. The fourth-order valence-electron chi connectivity index (χ4n) is 2.71. The van der Waals surface area contributed by atoms with E-state index in [1.54, 1.807) is 12.1 Å². The summed E-state index contributed by atoms with van der Waals surface area (Å²) in [5, 5.41) is -0.767. The lowest BCUT2D eigenvalue weighted by Crippen LogP contribution is -2.62. The van der Waals surface area contributed by atoms with E-state index in [2.05, 4.69) is 0 Å². The maximum Gasteiger partial charge on any atom is 0.338 e. The molecule has 1 aromatic rings. The number of ether oxygens (including phenoxy) is 2. The van der Waals surface area contributed by atoms with E-state index in [1.165, 1.54) is 23.6 Å². The van der Waals surface area contributed by atoms with Gasteiger partial charge in [0.15, 0.2) is 0 Å². The molecule has 138 valence electrons. The summed E-state index contributed by atoms with van der Waals surface area (Å²) in [5.74, 6) is -0.562. The van der Waals surface area contributed by atoms with E-state index in [0.717, 1.165) is 11.1 Å². The molecular weight excluding hydrogens is 378 g/mol. The van der Waals surface area contributed by atoms with Gasteiger partial charge in [0.2, 0.25) is 5.91 Å². The Morgan fingerprint density at radius 1 is 1.23 bits per heavy atom. The average molecular weight is 396 g/mol. The second-order valence-corrected chi connectivity index (χ2v) is 7.66. The van der Waals surface area contributed by atoms with Crippen LogP contribution in [-0.4, -0.2) is 52.5 Å². The molecule has 0 saturated carbocycles. The van der Waals surface area contributed by atoms with Crippen LogP contribution in [0, 0.1) is 6.92 Å². The van der Waals surface area contributed by atoms with Crippen molar-refractivity contribution in [2.45, 2.75) is 24.6 Å². The summed E-state index contributed by atoms with van der Waals surface area (Å²) in [4.78, 5) is 37.0. The lowest BCUT2D eigenvalue weighted by Gasteiger charge is -2.48. The topological polar surface area (TPSA) is 72.9 Å². The first-order valence-electron chi connectivity index (χ1n) is 8.05. The lowest BCUT2D eigenvalue weighted by atomic mass is 10.1. The van der Waals surface area contributed by atoms with Crippen LogP contribution in [0.4, 0.5) is 0 Å². The first kappa shape index (κ1) is 18.8. The van der Waals surface area contributed by atoms with Gasteiger partial charge in [-0.05, 0) is 19.1 Å². The Morgan fingerprint density at radius 3 is 2.58 bits per heavy atom. The van der Waals surface area contributed by atoms with Crippen molar-refractivity contribution in [1.29, 1.82) is 0 Å². The molecule has 1 fully saturated rings. The van der Waals surface area contributed by atoms with E-state index in [9.17, 15) is 14.4 Å². The zero-order chi connectivity index (χ0) is 18.8. The maximum absolute atomic E-state index is 12.3. The van der Waals surface area contributed by atoms with E-state index in [4.69, 9.17) is 21.1 Å². The molecule has 1 saturated heterocycles. The summed E-state index contributed by atoms with van der Waals surface area (Å²) in [6.07, 6.45) is 0. The first-order valence-corrected chi connectivity index (χ1v) is 9.54. The predicted molar refractivity (Wildman–Crippen MR) is 97.9 cm³/mol. The van der Waals surface area contributed by atoms with Gasteiger partial charge in [0.25, 0.3) is 0 Å². The molecule has 0 radical (unpaired) electrons. The highest BCUT2D eigenvalue weighted by Gasteiger charge is 2.51. The number of halogens is 1. The van der Waals surface area contributed by atoms with Crippen LogP contribution in [0.3, 0.4) is 0 Å². The van der Waals surface area contributed by atoms with E-state index in [-0.39, 0.29) is 24.5 Å². The van der Waals surface area contributed by atoms with Gasteiger partial charge in [-0.3, -0.25) is 14.5 Å². The molecule has 2 atom stereocenters. The minimum absolute atomic E-state index is 0.0587. The fourth-order valence-corrected chi connectivity index (χ4v) is 4.43. The van der Waals surface area contributed by atoms with Gasteiger partial charge in [-0.2, -0.15) is 0 Å². The summed E-state index contributed by atoms with van der Waals surface area (Å²) < 4.78 is 10.5. The molecule has 1 amide bonds. The molecule has 1 aromatic carbocycles. The van der Waals surface area contributed by atoms with Gasteiger partial charge in [-0.15, -0.1) is 23.4 Å². The Balaban J connectivity index is 1.75. The van der Waals surface area contributed by atoms with Gasteiger partial charge in [0, 0.05) is 18.2 Å². The van der Waals surface area contributed by atoms with E-state index in [0.29, 0.717) is 17.0 Å². The molecule has 0 N–H and O–H groups in total. The molecule has 0 unspecified atom stereocenters. The Labute approximate surface area is 160 Å². The Hall–Kier alpha value is -1.99. The number of fused-ring (bicyclic) bond motifs is 1. The van der Waals surface area contributed by atoms with Gasteiger partial charge in [-0.25, -0.2) is 4.79 Å². The van der Waals surface area contributed by atoms with Crippen molar-refractivity contribution in [3.63, 3.8) is 0 Å². The molecule has 0 aliphatic carbocycles. The Kier molecular flexibility index (Phi) is 5.58. The number of hydrogen-bond donors (Lipinski definition) is 0. The van der Waals surface area contributed by atoms with Crippen molar-refractivity contribution in [3.8, 4) is 0 Å². The molecule has 2 heterocycles. The maximum atomic E-state index is 12.3. The van der Waals surface area contributed by atoms with Gasteiger partial charge in [-0.1, -0.05) is 17.7 Å². The van der Waals surface area contributed by atoms with Gasteiger partial charge >= 0.3 is 11.9 Å². The molecule has 6 nitrogen and oxygen atoms in total. The predicted octanol–water partition coefficient (Wildman–Crippen LogP) is 2.49. The number of rotatable bonds is 5. The van der Waals surface area contributed by atoms with Gasteiger partial charge in [0.1, 0.15) is 24.0 Å². The van der Waals surface area contributed by atoms with Crippen molar-refractivity contribution in [2.24, 2.45) is 0 Å². The van der Waals surface area contributed by atoms with E-state index >= 15 is 0 Å². The molecule has 2 aliphatic rings. The highest BCUT2D eigenvalue weighted by Crippen LogP contribution is 2.42. The van der Waals surface area contributed by atoms with E-state index < -0.39 is 17.3 Å². The van der Waals surface area contributed by atoms with Gasteiger partial charge < -0.3 is 9.47 Å². The number of nitrogens with zero attached hydrogens (tertiary/aromatic N) is 1. The number of β-lactam (4-membered cyclic amide) rings is 1. The number of aryl methyl sites for hydroxylation is 1. The molecular formula is C18H18ClNO5S. The molecule has 0 spiro atoms. The number of amides is 1. The van der Waals surface area contributed by atoms with Crippen molar-refractivity contribution in [1.82, 2.24) is 4.90 Å². The summed E-state index contributed by atoms with van der Waals surface area (Å²) in [6.45, 7) is 3.23. The third-order valence-electron chi connectivity index (χ3n) is 4.18. The number of carbonyl (C=O) groups is 3. The summed E-state index contributed by atoms with van der Waals surface area (Å²) in [7, 11) is 0. The SMILES string of the molecule is CC(=O)OCC1=C(COC(=O)c2ccc(C)cc2)N2C(=O)[C@H](Cl)[C@H]2SC1. The van der Waals surface area contributed by atoms with Crippen LogP contribution < -0.4 is 0 Å². The van der Waals surface area contributed by atoms with Crippen molar-refractivity contribution in [2.75, 3.05) is 19.0 Å². The number of esters is 2. The average Bonchev–Trinajstić information content (AvgIpc) is 2.63. The standard InChI is InChI=1S/C18H18ClNO5S/c1-10-3-5-12(6-4-10)18(23)25-8-14-13(7-24-11(2)21)9-26-17-15(19)16(22)20(14)17/h3-6,15,17H,7-9H2,1-2H3/t15-,17+/m0/s1. The number of carbonyl (C=O) groups excluding carboxylic acids is 3. The van der Waals surface area contributed by atoms with Crippen molar-refractivity contribution >= 4 is 41.2 Å². The Bertz CT molecular complexity index is 776. The summed E-state index contributed by atoms with van der Waals surface area (Å²) in [6, 6.07) is 7.03. The third-order valence-corrected chi connectivity index (χ3v) is 6.10. The smallest absolute Gasteiger partial charge is 0.338 e. The van der Waals surface area contributed by atoms with Crippen LogP contribution in [0.25, 0.3) is 0 Å². The second-order valence-electron chi connectivity index (χ2n) is 6.08. The monoisotopic (exact) mass is 395 g/mol. The minimum Gasteiger partial charge on any atom is -0.461 e. The third kappa shape index (κ3) is 3.73. The van der Waals surface area contributed by atoms with E-state index in [1.807, 2.05) is 19.1 Å². The van der Waals surface area contributed by atoms with Crippen LogP contribution in [0.15, 0.2) is 35.5 Å². The van der Waals surface area contributed by atoms with Crippen LogP contribution in [0.1, 0.15) is 22.8 Å². The zero-order valence-corrected chi connectivity index (χ0v) is 15.9. The lowest BCUT2D eigenvalue weighted by molar-refractivity contribution is -0.140. The molecule has 26 heavy (non-hydrogen) atoms. The normalized spacial score (nSPS) is 21.8. The number of alkyl halides is 1. The molecule has 3 rings (SSSR count). The number of benzene rings is 1. The Morgan fingerprint density at radius 2 is 1.92 bits per heavy atom. The van der Waals surface area contributed by atoms with Crippen LogP contribution in [-0.2, 0) is 19.1 Å². The molecule has 0 aromatic heterocycles. The largest absolute Gasteiger partial charge is 0.461 e. The first-order chi connectivity index (χ1) is 12.4. The van der Waals surface area contributed by atoms with Crippen LogP contribution in [0.2, 0.25) is 0 Å². The van der Waals surface area contributed by atoms with Gasteiger partial charge in [0.05, 0.1) is 11.3 Å².